The molecule has 112 valence electrons. The molecule has 0 saturated carbocycles. The molecule has 0 N–H and O–H groups in total. The monoisotopic (exact) mass is 400 g/mol. The SMILES string of the molecule is Cc1cc(Cl)ccc1OP(=S)([S-])Oc1ccc(Cl)cc1C.[Na+]. The number of benzene rings is 2. The van der Waals surface area contributed by atoms with Crippen LogP contribution < -0.4 is 38.6 Å². The number of hydrogen-bond donors (Lipinski definition) is 0. The number of rotatable bonds is 4. The summed E-state index contributed by atoms with van der Waals surface area (Å²) in [4.78, 5) is 0. The van der Waals surface area contributed by atoms with E-state index >= 15 is 0 Å². The summed E-state index contributed by atoms with van der Waals surface area (Å²) in [6.45, 7) is 3.75. The molecule has 0 aliphatic carbocycles. The van der Waals surface area contributed by atoms with Gasteiger partial charge in [0, 0.05) is 10.0 Å². The molecule has 8 heteroatoms. The Balaban J connectivity index is 0.00000242. The Morgan fingerprint density at radius 3 is 1.59 bits per heavy atom. The van der Waals surface area contributed by atoms with Gasteiger partial charge >= 0.3 is 29.6 Å². The molecule has 2 rings (SSSR count). The molecule has 0 aliphatic heterocycles. The van der Waals surface area contributed by atoms with Crippen molar-refractivity contribution < 1.29 is 38.6 Å². The normalized spacial score (nSPS) is 10.8. The van der Waals surface area contributed by atoms with E-state index in [1.54, 1.807) is 36.4 Å². The molecule has 0 spiro atoms. The predicted octanol–water partition coefficient (Wildman–Crippen LogP) is 2.84. The van der Waals surface area contributed by atoms with Gasteiger partial charge in [0.2, 0.25) is 0 Å². The summed E-state index contributed by atoms with van der Waals surface area (Å²) >= 11 is 22.4. The minimum atomic E-state index is -2.89. The zero-order valence-electron chi connectivity index (χ0n) is 12.3. The van der Waals surface area contributed by atoms with Crippen LogP contribution in [0, 0.1) is 13.8 Å². The molecule has 0 heterocycles. The van der Waals surface area contributed by atoms with E-state index in [-0.39, 0.29) is 29.6 Å². The van der Waals surface area contributed by atoms with Gasteiger partial charge in [0.1, 0.15) is 11.5 Å². The van der Waals surface area contributed by atoms with E-state index < -0.39 is 5.69 Å². The van der Waals surface area contributed by atoms with Crippen molar-refractivity contribution in [3.8, 4) is 11.5 Å². The van der Waals surface area contributed by atoms with Crippen LogP contribution in [-0.2, 0) is 24.1 Å². The average molecular weight is 401 g/mol. The van der Waals surface area contributed by atoms with Gasteiger partial charge in [0.25, 0.3) is 0 Å². The first-order valence-electron chi connectivity index (χ1n) is 5.99. The summed E-state index contributed by atoms with van der Waals surface area (Å²) in [6.07, 6.45) is 0. The van der Waals surface area contributed by atoms with Gasteiger partial charge in [0.15, 0.2) is 5.69 Å². The second kappa shape index (κ2) is 8.64. The summed E-state index contributed by atoms with van der Waals surface area (Å²) < 4.78 is 11.4. The molecule has 0 saturated heterocycles. The molecule has 0 fully saturated rings. The van der Waals surface area contributed by atoms with Gasteiger partial charge in [-0.3, -0.25) is 0 Å². The summed E-state index contributed by atoms with van der Waals surface area (Å²) in [5.41, 5.74) is -1.17. The number of aryl methyl sites for hydroxylation is 2. The molecule has 2 nitrogen and oxygen atoms in total. The van der Waals surface area contributed by atoms with Crippen LogP contribution in [0.1, 0.15) is 11.1 Å². The van der Waals surface area contributed by atoms with E-state index in [0.29, 0.717) is 21.5 Å². The summed E-state index contributed by atoms with van der Waals surface area (Å²) in [5.74, 6) is 1.17. The Bertz CT molecular complexity index is 670. The van der Waals surface area contributed by atoms with Gasteiger partial charge < -0.3 is 21.3 Å². The molecule has 0 aliphatic rings. The standard InChI is InChI=1S/C14H13Cl2O2PS2.Na/c1-9-7-11(15)3-5-13(9)17-19(20,21)18-14-6-4-12(16)8-10(14)2;/h3-8H,1-2H3,(H,20,21);/q;+1/p-1. The number of hydrogen-bond acceptors (Lipinski definition) is 4. The van der Waals surface area contributed by atoms with Gasteiger partial charge in [-0.15, -0.1) is 0 Å². The van der Waals surface area contributed by atoms with Crippen molar-refractivity contribution in [1.82, 2.24) is 0 Å². The van der Waals surface area contributed by atoms with Crippen LogP contribution in [0.25, 0.3) is 0 Å². The van der Waals surface area contributed by atoms with Gasteiger partial charge in [-0.05, 0) is 73.2 Å². The molecule has 0 radical (unpaired) electrons. The van der Waals surface area contributed by atoms with Crippen molar-refractivity contribution in [2.75, 3.05) is 0 Å². The van der Waals surface area contributed by atoms with Crippen molar-refractivity contribution in [3.05, 3.63) is 57.6 Å². The van der Waals surface area contributed by atoms with Crippen LogP contribution >= 0.6 is 28.9 Å². The maximum atomic E-state index is 5.91. The Labute approximate surface area is 173 Å². The predicted molar refractivity (Wildman–Crippen MR) is 95.3 cm³/mol. The van der Waals surface area contributed by atoms with E-state index in [1.165, 1.54) is 0 Å². The first-order valence-corrected chi connectivity index (χ1v) is 10.4. The Hall–Kier alpha value is 0.620. The van der Waals surface area contributed by atoms with E-state index in [1.807, 2.05) is 13.8 Å². The third-order valence-electron chi connectivity index (χ3n) is 2.69. The third-order valence-corrected chi connectivity index (χ3v) is 4.90. The second-order valence-electron chi connectivity index (χ2n) is 4.45. The van der Waals surface area contributed by atoms with Crippen LogP contribution in [0.4, 0.5) is 0 Å². The van der Waals surface area contributed by atoms with Crippen LogP contribution in [0.3, 0.4) is 0 Å². The molecule has 22 heavy (non-hydrogen) atoms. The molecular weight excluding hydrogens is 389 g/mol. The zero-order valence-corrected chi connectivity index (χ0v) is 18.3. The fourth-order valence-corrected chi connectivity index (χ4v) is 4.04. The van der Waals surface area contributed by atoms with E-state index in [4.69, 9.17) is 56.3 Å². The maximum Gasteiger partial charge on any atom is 1.00 e. The molecule has 0 unspecified atom stereocenters. The first-order chi connectivity index (χ1) is 9.77. The molecule has 0 amide bonds. The van der Waals surface area contributed by atoms with Crippen molar-refractivity contribution >= 4 is 53.0 Å². The van der Waals surface area contributed by atoms with Gasteiger partial charge in [-0.25, -0.2) is 0 Å². The minimum absolute atomic E-state index is 0. The average Bonchev–Trinajstić information content (AvgIpc) is 2.36. The summed E-state index contributed by atoms with van der Waals surface area (Å²) in [6, 6.07) is 10.5. The Morgan fingerprint density at radius 1 is 0.909 bits per heavy atom. The smallest absolute Gasteiger partial charge is 0.665 e. The molecule has 2 aromatic rings. The van der Waals surface area contributed by atoms with Crippen LogP contribution in [0.2, 0.25) is 10.0 Å². The third kappa shape index (κ3) is 5.92. The second-order valence-corrected chi connectivity index (χ2v) is 10.2. The van der Waals surface area contributed by atoms with Crippen molar-refractivity contribution in [1.29, 1.82) is 0 Å². The van der Waals surface area contributed by atoms with Gasteiger partial charge in [-0.1, -0.05) is 23.2 Å². The fraction of sp³-hybridized carbons (Fsp3) is 0.143. The quantitative estimate of drug-likeness (QED) is 0.446. The van der Waals surface area contributed by atoms with Crippen LogP contribution in [0.5, 0.6) is 11.5 Å². The molecule has 2 aromatic carbocycles. The molecular formula is C14H12Cl2NaO2PS2. The van der Waals surface area contributed by atoms with Gasteiger partial charge in [-0.2, -0.15) is 0 Å². The largest absolute Gasteiger partial charge is 1.00 e. The zero-order chi connectivity index (χ0) is 15.6. The minimum Gasteiger partial charge on any atom is -0.665 e. The van der Waals surface area contributed by atoms with Crippen LogP contribution in [0.15, 0.2) is 36.4 Å². The fourth-order valence-electron chi connectivity index (χ4n) is 1.69. The van der Waals surface area contributed by atoms with Crippen molar-refractivity contribution in [2.24, 2.45) is 0 Å². The molecule has 0 atom stereocenters. The van der Waals surface area contributed by atoms with E-state index in [0.717, 1.165) is 11.1 Å². The Morgan fingerprint density at radius 2 is 1.27 bits per heavy atom. The molecule has 0 bridgehead atoms. The molecule has 0 aromatic heterocycles. The van der Waals surface area contributed by atoms with Crippen molar-refractivity contribution in [2.45, 2.75) is 13.8 Å². The summed E-state index contributed by atoms with van der Waals surface area (Å²) in [5, 5.41) is 1.26. The van der Waals surface area contributed by atoms with Crippen LogP contribution in [-0.4, -0.2) is 0 Å². The maximum absolute atomic E-state index is 5.91. The Kier molecular flexibility index (Phi) is 8.11. The topological polar surface area (TPSA) is 18.5 Å². The van der Waals surface area contributed by atoms with E-state index in [2.05, 4.69) is 0 Å². The van der Waals surface area contributed by atoms with Crippen molar-refractivity contribution in [3.63, 3.8) is 0 Å². The number of halogens is 2. The van der Waals surface area contributed by atoms with Gasteiger partial charge in [0.05, 0.1) is 0 Å². The van der Waals surface area contributed by atoms with E-state index in [9.17, 15) is 0 Å². The first kappa shape index (κ1) is 20.7. The summed E-state index contributed by atoms with van der Waals surface area (Å²) in [7, 11) is 0.